The summed E-state index contributed by atoms with van der Waals surface area (Å²) < 4.78 is 14.0. The van der Waals surface area contributed by atoms with Gasteiger partial charge in [-0.3, -0.25) is 4.79 Å². The number of para-hydroxylation sites is 1. The minimum absolute atomic E-state index is 0.179. The largest absolute Gasteiger partial charge is 0.355 e. The number of halogens is 2. The van der Waals surface area contributed by atoms with Crippen LogP contribution in [0.2, 0.25) is 5.02 Å². The van der Waals surface area contributed by atoms with Crippen molar-refractivity contribution in [2.24, 2.45) is 0 Å². The van der Waals surface area contributed by atoms with Crippen LogP contribution in [0.5, 0.6) is 0 Å². The number of carbonyl (C=O) groups excluding carboxylic acids is 1. The van der Waals surface area contributed by atoms with E-state index in [0.29, 0.717) is 30.4 Å². The molecule has 0 bridgehead atoms. The van der Waals surface area contributed by atoms with Crippen molar-refractivity contribution < 1.29 is 9.18 Å². The summed E-state index contributed by atoms with van der Waals surface area (Å²) in [6, 6.07) is 21.9. The summed E-state index contributed by atoms with van der Waals surface area (Å²) in [6.07, 6.45) is 1.65. The Balaban J connectivity index is 1.60. The van der Waals surface area contributed by atoms with Gasteiger partial charge in [-0.1, -0.05) is 61.0 Å². The molecule has 0 atom stereocenters. The van der Waals surface area contributed by atoms with Crippen molar-refractivity contribution in [3.8, 4) is 0 Å². The van der Waals surface area contributed by atoms with Gasteiger partial charge in [-0.2, -0.15) is 0 Å². The van der Waals surface area contributed by atoms with Gasteiger partial charge in [0, 0.05) is 36.3 Å². The molecule has 4 aromatic rings. The molecule has 3 aromatic carbocycles. The maximum absolute atomic E-state index is 14.0. The van der Waals surface area contributed by atoms with Gasteiger partial charge in [-0.15, -0.1) is 0 Å². The van der Waals surface area contributed by atoms with Gasteiger partial charge < -0.3 is 10.2 Å². The highest BCUT2D eigenvalue weighted by atomic mass is 35.5. The fourth-order valence-corrected chi connectivity index (χ4v) is 3.94. The number of fused-ring (bicyclic) bond motifs is 1. The first-order chi connectivity index (χ1) is 16.5. The van der Waals surface area contributed by atoms with E-state index in [0.717, 1.165) is 23.1 Å². The van der Waals surface area contributed by atoms with Gasteiger partial charge in [0.15, 0.2) is 0 Å². The molecule has 1 heterocycles. The average molecular weight is 477 g/mol. The predicted octanol–water partition coefficient (Wildman–Crippen LogP) is 6.06. The van der Waals surface area contributed by atoms with E-state index in [1.807, 2.05) is 43.3 Å². The monoisotopic (exact) mass is 476 g/mol. The minimum Gasteiger partial charge on any atom is -0.355 e. The second-order valence-corrected chi connectivity index (χ2v) is 8.42. The van der Waals surface area contributed by atoms with E-state index in [4.69, 9.17) is 16.6 Å². The molecule has 1 amide bonds. The number of carbonyl (C=O) groups is 1. The van der Waals surface area contributed by atoms with Crippen molar-refractivity contribution in [3.05, 3.63) is 95.0 Å². The lowest BCUT2D eigenvalue weighted by Gasteiger charge is -2.25. The van der Waals surface area contributed by atoms with Gasteiger partial charge in [-0.05, 0) is 42.3 Å². The first-order valence-electron chi connectivity index (χ1n) is 11.3. The fraction of sp³-hybridized carbons (Fsp3) is 0.222. The summed E-state index contributed by atoms with van der Waals surface area (Å²) in [6.45, 7) is 3.09. The van der Waals surface area contributed by atoms with Crippen LogP contribution in [0.15, 0.2) is 72.8 Å². The number of benzene rings is 3. The molecule has 1 N–H and O–H groups in total. The number of rotatable bonds is 9. The zero-order valence-electron chi connectivity index (χ0n) is 19.0. The molecular weight excluding hydrogens is 451 g/mol. The molecule has 0 fully saturated rings. The second kappa shape index (κ2) is 11.1. The van der Waals surface area contributed by atoms with Crippen molar-refractivity contribution in [3.63, 3.8) is 0 Å². The van der Waals surface area contributed by atoms with E-state index in [2.05, 4.69) is 27.3 Å². The molecular formula is C27H26ClFN4O. The molecule has 0 saturated heterocycles. The van der Waals surface area contributed by atoms with Crippen molar-refractivity contribution in [1.82, 2.24) is 9.97 Å². The molecule has 34 heavy (non-hydrogen) atoms. The highest BCUT2D eigenvalue weighted by Gasteiger charge is 2.17. The fourth-order valence-electron chi connectivity index (χ4n) is 3.78. The van der Waals surface area contributed by atoms with Crippen LogP contribution in [0.3, 0.4) is 0 Å². The van der Waals surface area contributed by atoms with Crippen LogP contribution in [0.4, 0.5) is 15.9 Å². The van der Waals surface area contributed by atoms with E-state index in [9.17, 15) is 9.18 Å². The molecule has 4 rings (SSSR count). The number of nitrogens with one attached hydrogen (secondary N) is 1. The smallest absolute Gasteiger partial charge is 0.226 e. The Hall–Kier alpha value is -3.51. The third kappa shape index (κ3) is 5.88. The molecule has 7 heteroatoms. The Labute approximate surface area is 203 Å². The number of anilines is 2. The first-order valence-corrected chi connectivity index (χ1v) is 11.7. The van der Waals surface area contributed by atoms with Gasteiger partial charge in [-0.25, -0.2) is 14.4 Å². The van der Waals surface area contributed by atoms with Crippen LogP contribution in [-0.2, 0) is 17.6 Å². The maximum atomic E-state index is 14.0. The van der Waals surface area contributed by atoms with E-state index in [1.165, 1.54) is 11.6 Å². The number of aromatic nitrogens is 2. The second-order valence-electron chi connectivity index (χ2n) is 7.98. The number of hydrogen-bond acceptors (Lipinski definition) is 4. The van der Waals surface area contributed by atoms with Crippen molar-refractivity contribution in [2.45, 2.75) is 26.2 Å². The first kappa shape index (κ1) is 23.6. The lowest BCUT2D eigenvalue weighted by Crippen LogP contribution is -2.31. The Morgan fingerprint density at radius 2 is 1.76 bits per heavy atom. The molecule has 0 radical (unpaired) electrons. The Bertz CT molecular complexity index is 1280. The van der Waals surface area contributed by atoms with E-state index in [1.54, 1.807) is 18.2 Å². The van der Waals surface area contributed by atoms with Gasteiger partial charge in [0.05, 0.1) is 11.2 Å². The predicted molar refractivity (Wildman–Crippen MR) is 136 cm³/mol. The third-order valence-corrected chi connectivity index (χ3v) is 5.81. The summed E-state index contributed by atoms with van der Waals surface area (Å²) in [5.41, 5.74) is 2.15. The normalized spacial score (nSPS) is 10.9. The Morgan fingerprint density at radius 3 is 2.53 bits per heavy atom. The number of hydrogen-bond donors (Lipinski definition) is 1. The van der Waals surface area contributed by atoms with Gasteiger partial charge in [0.1, 0.15) is 17.5 Å². The lowest BCUT2D eigenvalue weighted by molar-refractivity contribution is -0.116. The molecule has 174 valence electrons. The van der Waals surface area contributed by atoms with Crippen molar-refractivity contribution in [2.75, 3.05) is 23.3 Å². The van der Waals surface area contributed by atoms with E-state index in [-0.39, 0.29) is 18.0 Å². The van der Waals surface area contributed by atoms with Gasteiger partial charge >= 0.3 is 0 Å². The van der Waals surface area contributed by atoms with Crippen molar-refractivity contribution in [1.29, 1.82) is 0 Å². The van der Waals surface area contributed by atoms with Crippen LogP contribution in [-0.4, -0.2) is 29.0 Å². The summed E-state index contributed by atoms with van der Waals surface area (Å²) in [7, 11) is 0. The number of nitrogens with zero attached hydrogens (tertiary/aromatic N) is 3. The summed E-state index contributed by atoms with van der Waals surface area (Å²) in [4.78, 5) is 24.2. The zero-order chi connectivity index (χ0) is 23.9. The highest BCUT2D eigenvalue weighted by molar-refractivity contribution is 6.31. The number of amides is 1. The maximum Gasteiger partial charge on any atom is 0.226 e. The van der Waals surface area contributed by atoms with E-state index < -0.39 is 5.82 Å². The zero-order valence-corrected chi connectivity index (χ0v) is 19.7. The highest BCUT2D eigenvalue weighted by Crippen LogP contribution is 2.27. The van der Waals surface area contributed by atoms with E-state index >= 15 is 0 Å². The topological polar surface area (TPSA) is 58.1 Å². The molecule has 0 aliphatic heterocycles. The molecule has 0 spiro atoms. The third-order valence-electron chi connectivity index (χ3n) is 5.57. The SMILES string of the molecule is CCc1nc(N(CCC(=O)Nc2ccccc2F)CCc2ccccc2)c2ccc(Cl)cc2n1. The van der Waals surface area contributed by atoms with Crippen LogP contribution < -0.4 is 10.2 Å². The molecule has 5 nitrogen and oxygen atoms in total. The summed E-state index contributed by atoms with van der Waals surface area (Å²) in [5.74, 6) is 0.772. The minimum atomic E-state index is -0.456. The lowest BCUT2D eigenvalue weighted by atomic mass is 10.1. The standard InChI is InChI=1S/C27H26ClFN4O/c1-2-25-30-24-18-20(28)12-13-21(24)27(32-25)33(16-14-19-8-4-3-5-9-19)17-15-26(34)31-23-11-7-6-10-22(23)29/h3-13,18H,2,14-17H2,1H3,(H,31,34). The molecule has 1 aromatic heterocycles. The molecule has 0 unspecified atom stereocenters. The molecule has 0 saturated carbocycles. The molecule has 0 aliphatic rings. The Morgan fingerprint density at radius 1 is 1.00 bits per heavy atom. The van der Waals surface area contributed by atoms with Crippen LogP contribution >= 0.6 is 11.6 Å². The summed E-state index contributed by atoms with van der Waals surface area (Å²) in [5, 5.41) is 4.16. The Kier molecular flexibility index (Phi) is 7.70. The van der Waals surface area contributed by atoms with Crippen LogP contribution in [0, 0.1) is 5.82 Å². The van der Waals surface area contributed by atoms with Gasteiger partial charge in [0.2, 0.25) is 5.91 Å². The number of aryl methyl sites for hydroxylation is 1. The quantitative estimate of drug-likeness (QED) is 0.319. The van der Waals surface area contributed by atoms with Crippen LogP contribution in [0.25, 0.3) is 10.9 Å². The average Bonchev–Trinajstić information content (AvgIpc) is 2.85. The van der Waals surface area contributed by atoms with Gasteiger partial charge in [0.25, 0.3) is 0 Å². The molecule has 0 aliphatic carbocycles. The summed E-state index contributed by atoms with van der Waals surface area (Å²) >= 11 is 6.22. The van der Waals surface area contributed by atoms with Crippen molar-refractivity contribution >= 4 is 39.9 Å². The van der Waals surface area contributed by atoms with Crippen LogP contribution in [0.1, 0.15) is 24.7 Å².